The van der Waals surface area contributed by atoms with Crippen LogP contribution < -0.4 is 14.8 Å². The van der Waals surface area contributed by atoms with Crippen LogP contribution in [0.3, 0.4) is 0 Å². The van der Waals surface area contributed by atoms with Crippen LogP contribution in [0.4, 0.5) is 28.4 Å². The van der Waals surface area contributed by atoms with E-state index in [1.54, 1.807) is 0 Å². The molecular formula is C29H31N5O21S6. The van der Waals surface area contributed by atoms with E-state index in [0.29, 0.717) is 12.0 Å². The van der Waals surface area contributed by atoms with E-state index >= 15 is 0 Å². The molecule has 0 unspecified atom stereocenters. The molecule has 0 heterocycles. The third kappa shape index (κ3) is 14.2. The van der Waals surface area contributed by atoms with Crippen molar-refractivity contribution in [3.63, 3.8) is 0 Å². The van der Waals surface area contributed by atoms with Gasteiger partial charge in [-0.3, -0.25) is 12.9 Å². The van der Waals surface area contributed by atoms with E-state index in [1.165, 1.54) is 56.7 Å². The summed E-state index contributed by atoms with van der Waals surface area (Å²) < 4.78 is 118. The molecule has 0 aliphatic rings. The van der Waals surface area contributed by atoms with Crippen molar-refractivity contribution >= 4 is 106 Å². The first-order valence-corrected chi connectivity index (χ1v) is 22.9. The van der Waals surface area contributed by atoms with Crippen molar-refractivity contribution in [3.05, 3.63) is 54.6 Å². The number of aromatic hydroxyl groups is 1. The van der Waals surface area contributed by atoms with Crippen LogP contribution in [0.1, 0.15) is 0 Å². The second kappa shape index (κ2) is 23.4. The minimum Gasteiger partial charge on any atom is -0.505 e. The van der Waals surface area contributed by atoms with Gasteiger partial charge in [-0.25, -0.2) is 32.6 Å². The first-order chi connectivity index (χ1) is 29.1. The number of phenols is 1. The highest BCUT2D eigenvalue weighted by molar-refractivity contribution is 7.94. The zero-order valence-electron chi connectivity index (χ0n) is 30.7. The van der Waals surface area contributed by atoms with E-state index in [0.717, 1.165) is 12.1 Å². The molecule has 0 aromatic heterocycles. The fourth-order valence-electron chi connectivity index (χ4n) is 4.78. The van der Waals surface area contributed by atoms with Crippen molar-refractivity contribution in [1.29, 1.82) is 0 Å². The highest BCUT2D eigenvalue weighted by atomic mass is 32.2. The molecule has 334 valence electrons. The van der Waals surface area contributed by atoms with Crippen molar-refractivity contribution in [3.8, 4) is 17.2 Å². The lowest BCUT2D eigenvalue weighted by Gasteiger charge is -2.14. The Morgan fingerprint density at radius 1 is 0.639 bits per heavy atom. The molecule has 4 aromatic carbocycles. The van der Waals surface area contributed by atoms with Crippen LogP contribution in [-0.4, -0.2) is 95.5 Å². The topological polar surface area (TPSA) is 357 Å². The lowest BCUT2D eigenvalue weighted by molar-refractivity contribution is -0.434. The van der Waals surface area contributed by atoms with Gasteiger partial charge in [0.15, 0.2) is 50.1 Å². The van der Waals surface area contributed by atoms with Gasteiger partial charge in [-0.15, -0.1) is 33.5 Å². The average molecular weight is 978 g/mol. The number of rotatable bonds is 26. The maximum atomic E-state index is 13.0. The van der Waals surface area contributed by atoms with Crippen molar-refractivity contribution in [1.82, 2.24) is 0 Å². The summed E-state index contributed by atoms with van der Waals surface area (Å²) in [6.07, 6.45) is 0. The molecule has 0 bridgehead atoms. The van der Waals surface area contributed by atoms with Crippen molar-refractivity contribution in [2.75, 3.05) is 50.1 Å². The largest absolute Gasteiger partial charge is 0.505 e. The number of fused-ring (bicyclic) bond motifs is 1. The van der Waals surface area contributed by atoms with E-state index in [4.69, 9.17) is 33.6 Å². The first kappa shape index (κ1) is 49.6. The summed E-state index contributed by atoms with van der Waals surface area (Å²) in [5.41, 5.74) is -0.939. The maximum absolute atomic E-state index is 13.0. The van der Waals surface area contributed by atoms with Gasteiger partial charge in [-0.1, -0.05) is 15.1 Å². The van der Waals surface area contributed by atoms with Gasteiger partial charge < -0.3 is 19.9 Å². The second-order valence-electron chi connectivity index (χ2n) is 11.0. The molecule has 26 nitrogen and oxygen atoms in total. The van der Waals surface area contributed by atoms with E-state index in [-0.39, 0.29) is 96.6 Å². The molecule has 0 aliphatic heterocycles. The third-order valence-corrected chi connectivity index (χ3v) is 12.7. The second-order valence-corrected chi connectivity index (χ2v) is 18.5. The summed E-state index contributed by atoms with van der Waals surface area (Å²) in [4.78, 5) is -0.644. The Morgan fingerprint density at radius 3 is 1.62 bits per heavy atom. The van der Waals surface area contributed by atoms with Crippen LogP contribution in [0.2, 0.25) is 0 Å². The minimum absolute atomic E-state index is 0.0157. The number of hydrogen-bond acceptors (Lipinski definition) is 28. The normalized spacial score (nSPS) is 12.5. The molecular weight excluding hydrogens is 947 g/mol. The Bertz CT molecular complexity index is 2530. The highest BCUT2D eigenvalue weighted by Crippen LogP contribution is 2.49. The Morgan fingerprint density at radius 2 is 1.15 bits per heavy atom. The van der Waals surface area contributed by atoms with Gasteiger partial charge in [0.05, 0.1) is 71.4 Å². The Hall–Kier alpha value is -4.04. The van der Waals surface area contributed by atoms with E-state index in [9.17, 15) is 34.9 Å². The van der Waals surface area contributed by atoms with Crippen LogP contribution in [0.25, 0.3) is 10.8 Å². The van der Waals surface area contributed by atoms with Gasteiger partial charge in [-0.2, -0.15) is 8.42 Å². The van der Waals surface area contributed by atoms with E-state index in [1.807, 2.05) is 0 Å². The van der Waals surface area contributed by atoms with Crippen LogP contribution in [-0.2, 0) is 66.3 Å². The van der Waals surface area contributed by atoms with Crippen LogP contribution in [0.5, 0.6) is 17.2 Å². The number of ether oxygens (including phenoxy) is 2. The zero-order chi connectivity index (χ0) is 44.6. The molecule has 0 fully saturated rings. The number of methoxy groups -OCH3 is 2. The number of azo groups is 2. The molecule has 32 heteroatoms. The predicted octanol–water partition coefficient (Wildman–Crippen LogP) is 6.63. The number of sulfone groups is 2. The summed E-state index contributed by atoms with van der Waals surface area (Å²) in [5.74, 6) is -2.67. The molecule has 6 N–H and O–H groups in total. The predicted molar refractivity (Wildman–Crippen MR) is 211 cm³/mol. The minimum atomic E-state index is -4.63. The summed E-state index contributed by atoms with van der Waals surface area (Å²) in [6.45, 7) is -0.782. The molecule has 0 saturated heterocycles. The van der Waals surface area contributed by atoms with Crippen molar-refractivity contribution in [2.45, 2.75) is 14.7 Å². The number of benzene rings is 4. The number of nitrogens with zero attached hydrogens (tertiary/aromatic N) is 4. The molecule has 0 saturated carbocycles. The fourth-order valence-corrected chi connectivity index (χ4v) is 8.46. The van der Waals surface area contributed by atoms with Gasteiger partial charge >= 0.3 is 0 Å². The average Bonchev–Trinajstić information content (AvgIpc) is 3.23. The standard InChI is InChI=1S/C29H31N5O21S6/c1-46-24-7-3-17(59(39,40)11-9-48-57-54-51-37)13-22(24)31-33-27-20-15-26(56-53-50-36)28(29(35)19(20)5-6-21(27)30-16-61(43,44)45)34-32-23-14-18(4-8-25(23)47-2)60(41,42)12-10-49-58-55-52-38/h3-8,13-15,30,35-38H,9-12,16H2,1-2H3,(H,43,44,45). The lowest BCUT2D eigenvalue weighted by Crippen LogP contribution is -2.13. The summed E-state index contributed by atoms with van der Waals surface area (Å²) >= 11 is 0.659. The Balaban J connectivity index is 1.84. The number of nitrogens with one attached hydrogen (secondary N) is 1. The lowest BCUT2D eigenvalue weighted by atomic mass is 10.1. The smallest absolute Gasteiger partial charge is 0.283 e. The van der Waals surface area contributed by atoms with Gasteiger partial charge in [0.1, 0.15) is 40.1 Å². The maximum Gasteiger partial charge on any atom is 0.283 e. The quantitative estimate of drug-likeness (QED) is 0.00960. The Labute approximate surface area is 357 Å². The number of phenolic OH excluding ortho intramolecular Hbond substituents is 1. The van der Waals surface area contributed by atoms with Crippen molar-refractivity contribution < 1.29 is 96.6 Å². The zero-order valence-corrected chi connectivity index (χ0v) is 35.6. The highest BCUT2D eigenvalue weighted by Gasteiger charge is 2.22. The van der Waals surface area contributed by atoms with Gasteiger partial charge in [0.2, 0.25) is 0 Å². The van der Waals surface area contributed by atoms with E-state index in [2.05, 4.69) is 53.9 Å². The molecule has 0 spiro atoms. The van der Waals surface area contributed by atoms with Gasteiger partial charge in [-0.05, 0) is 54.6 Å². The van der Waals surface area contributed by atoms with Crippen molar-refractivity contribution in [2.24, 2.45) is 20.5 Å². The summed E-state index contributed by atoms with van der Waals surface area (Å²) in [5, 5.41) is 66.4. The number of anilines is 1. The van der Waals surface area contributed by atoms with Gasteiger partial charge in [0.25, 0.3) is 10.1 Å². The third-order valence-electron chi connectivity index (χ3n) is 7.42. The van der Waals surface area contributed by atoms with Crippen LogP contribution >= 0.6 is 36.7 Å². The first-order valence-electron chi connectivity index (χ1n) is 15.9. The SMILES string of the molecule is COc1ccc(S(=O)(=O)CCOSOOO)cc1N=Nc1c(SOOO)cc2c(N=Nc3cc(S(=O)(=O)CCOSOOO)ccc3OC)c(NCS(=O)(=O)O)ccc2c1O. The number of hydrogen-bond donors (Lipinski definition) is 6. The van der Waals surface area contributed by atoms with Crippen LogP contribution in [0.15, 0.2) is 89.7 Å². The van der Waals surface area contributed by atoms with E-state index < -0.39 is 59.5 Å². The monoisotopic (exact) mass is 977 g/mol. The molecule has 4 rings (SSSR count). The molecule has 4 aromatic rings. The molecule has 61 heavy (non-hydrogen) atoms. The Kier molecular flexibility index (Phi) is 19.0. The molecule has 0 radical (unpaired) electrons. The molecule has 0 aliphatic carbocycles. The molecule has 0 amide bonds. The summed E-state index contributed by atoms with van der Waals surface area (Å²) in [7, 11) is -10.1. The fraction of sp³-hybridized carbons (Fsp3) is 0.241. The van der Waals surface area contributed by atoms with Crippen LogP contribution in [0, 0.1) is 0 Å². The van der Waals surface area contributed by atoms with Gasteiger partial charge in [0, 0.05) is 10.8 Å². The molecule has 0 atom stereocenters. The summed E-state index contributed by atoms with van der Waals surface area (Å²) in [6, 6.07) is 11.1.